The van der Waals surface area contributed by atoms with Gasteiger partial charge in [0.2, 0.25) is 5.91 Å². The van der Waals surface area contributed by atoms with Crippen molar-refractivity contribution in [2.24, 2.45) is 22.5 Å². The Balaban J connectivity index is 1.87. The summed E-state index contributed by atoms with van der Waals surface area (Å²) in [6, 6.07) is 0.506. The second-order valence-electron chi connectivity index (χ2n) is 6.47. The first-order valence-corrected chi connectivity index (χ1v) is 5.81. The largest absolute Gasteiger partial charge is 0.352 e. The lowest BCUT2D eigenvalue weighted by atomic mass is 9.63. The highest BCUT2D eigenvalue weighted by Gasteiger charge is 2.53. The minimum absolute atomic E-state index is 0.0642. The molecule has 2 aliphatic carbocycles. The molecule has 86 valence electrons. The van der Waals surface area contributed by atoms with Crippen LogP contribution in [0.4, 0.5) is 0 Å². The zero-order valence-electron chi connectivity index (χ0n) is 10.1. The fraction of sp³-hybridized carbons (Fsp3) is 0.917. The van der Waals surface area contributed by atoms with E-state index in [1.54, 1.807) is 0 Å². The Bertz CT molecular complexity index is 296. The Labute approximate surface area is 91.8 Å². The second-order valence-corrected chi connectivity index (χ2v) is 6.47. The first kappa shape index (κ1) is 10.9. The molecule has 1 amide bonds. The quantitative estimate of drug-likeness (QED) is 0.721. The van der Waals surface area contributed by atoms with Gasteiger partial charge in [-0.1, -0.05) is 27.7 Å². The van der Waals surface area contributed by atoms with Crippen molar-refractivity contribution in [2.45, 2.75) is 52.6 Å². The molecule has 0 aliphatic heterocycles. The summed E-state index contributed by atoms with van der Waals surface area (Å²) >= 11 is 0. The molecule has 3 unspecified atom stereocenters. The van der Waals surface area contributed by atoms with Crippen LogP contribution in [0, 0.1) is 16.7 Å². The Hall–Kier alpha value is -0.570. The molecule has 3 heteroatoms. The first-order valence-electron chi connectivity index (χ1n) is 5.81. The molecule has 0 heterocycles. The topological polar surface area (TPSA) is 55.1 Å². The number of hydrogen-bond acceptors (Lipinski definition) is 2. The molecular formula is C12H22N2O. The molecule has 0 saturated heterocycles. The summed E-state index contributed by atoms with van der Waals surface area (Å²) in [5, 5.41) is 3.14. The van der Waals surface area contributed by atoms with E-state index in [1.807, 2.05) is 0 Å². The molecule has 3 N–H and O–H groups in total. The monoisotopic (exact) mass is 210 g/mol. The van der Waals surface area contributed by atoms with Crippen molar-refractivity contribution in [3.8, 4) is 0 Å². The van der Waals surface area contributed by atoms with E-state index in [0.717, 1.165) is 12.8 Å². The molecule has 0 aromatic carbocycles. The summed E-state index contributed by atoms with van der Waals surface area (Å²) in [5.74, 6) is 0.454. The lowest BCUT2D eigenvalue weighted by molar-refractivity contribution is -0.126. The Morgan fingerprint density at radius 3 is 2.20 bits per heavy atom. The zero-order valence-corrected chi connectivity index (χ0v) is 10.1. The van der Waals surface area contributed by atoms with Crippen LogP contribution in [-0.2, 0) is 4.79 Å². The van der Waals surface area contributed by atoms with E-state index >= 15 is 0 Å². The molecule has 2 rings (SSSR count). The maximum Gasteiger partial charge on any atom is 0.223 e. The predicted octanol–water partition coefficient (Wildman–Crippen LogP) is 1.27. The molecule has 2 fully saturated rings. The number of carbonyl (C=O) groups is 1. The Morgan fingerprint density at radius 2 is 1.87 bits per heavy atom. The second kappa shape index (κ2) is 2.97. The lowest BCUT2D eigenvalue weighted by Gasteiger charge is -2.50. The Morgan fingerprint density at radius 1 is 1.33 bits per heavy atom. The van der Waals surface area contributed by atoms with Crippen molar-refractivity contribution in [3.63, 3.8) is 0 Å². The molecule has 0 radical (unpaired) electrons. The number of amides is 1. The molecule has 2 aliphatic rings. The van der Waals surface area contributed by atoms with Crippen molar-refractivity contribution < 1.29 is 4.79 Å². The van der Waals surface area contributed by atoms with Gasteiger partial charge in [0.15, 0.2) is 0 Å². The lowest BCUT2D eigenvalue weighted by Crippen LogP contribution is -2.64. The third kappa shape index (κ3) is 1.67. The van der Waals surface area contributed by atoms with Gasteiger partial charge in [0.1, 0.15) is 0 Å². The number of hydrogen-bond donors (Lipinski definition) is 2. The zero-order chi connectivity index (χ0) is 11.4. The highest BCUT2D eigenvalue weighted by atomic mass is 16.2. The fourth-order valence-corrected chi connectivity index (χ4v) is 2.39. The highest BCUT2D eigenvalue weighted by molar-refractivity contribution is 5.82. The van der Waals surface area contributed by atoms with E-state index in [0.29, 0.717) is 0 Å². The van der Waals surface area contributed by atoms with Crippen molar-refractivity contribution in [2.75, 3.05) is 0 Å². The molecular weight excluding hydrogens is 188 g/mol. The average Bonchev–Trinajstić information content (AvgIpc) is 2.75. The summed E-state index contributed by atoms with van der Waals surface area (Å²) in [4.78, 5) is 11.9. The van der Waals surface area contributed by atoms with Crippen LogP contribution in [0.5, 0.6) is 0 Å². The smallest absolute Gasteiger partial charge is 0.223 e. The molecule has 0 aromatic heterocycles. The summed E-state index contributed by atoms with van der Waals surface area (Å²) < 4.78 is 0. The van der Waals surface area contributed by atoms with Crippen molar-refractivity contribution in [1.29, 1.82) is 0 Å². The van der Waals surface area contributed by atoms with Gasteiger partial charge in [-0.25, -0.2) is 0 Å². The average molecular weight is 210 g/mol. The van der Waals surface area contributed by atoms with Crippen LogP contribution < -0.4 is 11.1 Å². The van der Waals surface area contributed by atoms with Crippen molar-refractivity contribution >= 4 is 5.91 Å². The number of carbonyl (C=O) groups excluding carboxylic acids is 1. The summed E-state index contributed by atoms with van der Waals surface area (Å²) in [6.45, 7) is 8.55. The van der Waals surface area contributed by atoms with Crippen LogP contribution in [0.3, 0.4) is 0 Å². The Kier molecular flexibility index (Phi) is 2.16. The van der Waals surface area contributed by atoms with Gasteiger partial charge in [-0.3, -0.25) is 4.79 Å². The minimum Gasteiger partial charge on any atom is -0.352 e. The van der Waals surface area contributed by atoms with Gasteiger partial charge in [-0.05, 0) is 18.3 Å². The van der Waals surface area contributed by atoms with Crippen molar-refractivity contribution in [3.05, 3.63) is 0 Å². The molecule has 0 aromatic rings. The predicted molar refractivity (Wildman–Crippen MR) is 60.2 cm³/mol. The molecule has 3 nitrogen and oxygen atoms in total. The summed E-state index contributed by atoms with van der Waals surface area (Å²) in [6.07, 6.45) is 1.95. The van der Waals surface area contributed by atoms with E-state index in [2.05, 4.69) is 33.0 Å². The van der Waals surface area contributed by atoms with Gasteiger partial charge in [0, 0.05) is 23.4 Å². The van der Waals surface area contributed by atoms with E-state index in [1.165, 1.54) is 0 Å². The highest BCUT2D eigenvalue weighted by Crippen LogP contribution is 2.52. The normalized spacial score (nSPS) is 40.5. The standard InChI is InChI=1S/C12H22N2O/c1-11(2)6-7(11)10(15)14-9-5-8(13)12(9,3)4/h7-9H,5-6,13H2,1-4H3,(H,14,15). The van der Waals surface area contributed by atoms with Gasteiger partial charge >= 0.3 is 0 Å². The molecule has 2 saturated carbocycles. The maximum atomic E-state index is 11.9. The first-order chi connectivity index (χ1) is 6.75. The summed E-state index contributed by atoms with van der Waals surface area (Å²) in [7, 11) is 0. The molecule has 15 heavy (non-hydrogen) atoms. The molecule has 3 atom stereocenters. The number of nitrogens with one attached hydrogen (secondary N) is 1. The number of rotatable bonds is 2. The van der Waals surface area contributed by atoms with E-state index in [4.69, 9.17) is 5.73 Å². The summed E-state index contributed by atoms with van der Waals surface area (Å²) in [5.41, 5.74) is 6.20. The molecule has 0 bridgehead atoms. The van der Waals surface area contributed by atoms with Crippen LogP contribution in [0.2, 0.25) is 0 Å². The van der Waals surface area contributed by atoms with E-state index in [-0.39, 0.29) is 34.7 Å². The van der Waals surface area contributed by atoms with Gasteiger partial charge < -0.3 is 11.1 Å². The van der Waals surface area contributed by atoms with Gasteiger partial charge in [0.25, 0.3) is 0 Å². The van der Waals surface area contributed by atoms with Gasteiger partial charge in [-0.2, -0.15) is 0 Å². The van der Waals surface area contributed by atoms with Gasteiger partial charge in [-0.15, -0.1) is 0 Å². The van der Waals surface area contributed by atoms with Gasteiger partial charge in [0.05, 0.1) is 0 Å². The van der Waals surface area contributed by atoms with E-state index in [9.17, 15) is 4.79 Å². The van der Waals surface area contributed by atoms with Crippen LogP contribution in [-0.4, -0.2) is 18.0 Å². The maximum absolute atomic E-state index is 11.9. The van der Waals surface area contributed by atoms with E-state index < -0.39 is 0 Å². The van der Waals surface area contributed by atoms with Crippen LogP contribution in [0.1, 0.15) is 40.5 Å². The third-order valence-electron chi connectivity index (χ3n) is 4.49. The van der Waals surface area contributed by atoms with Crippen LogP contribution >= 0.6 is 0 Å². The van der Waals surface area contributed by atoms with Crippen LogP contribution in [0.15, 0.2) is 0 Å². The fourth-order valence-electron chi connectivity index (χ4n) is 2.39. The minimum atomic E-state index is 0.0642. The third-order valence-corrected chi connectivity index (χ3v) is 4.49. The number of nitrogens with two attached hydrogens (primary N) is 1. The SMILES string of the molecule is CC1(C)CC1C(=O)NC1CC(N)C1(C)C. The van der Waals surface area contributed by atoms with Crippen LogP contribution in [0.25, 0.3) is 0 Å². The molecule has 0 spiro atoms. The van der Waals surface area contributed by atoms with Crippen molar-refractivity contribution in [1.82, 2.24) is 5.32 Å².